The third-order valence-corrected chi connectivity index (χ3v) is 4.61. The van der Waals surface area contributed by atoms with Crippen LogP contribution in [0.5, 0.6) is 0 Å². The summed E-state index contributed by atoms with van der Waals surface area (Å²) in [5, 5.41) is 12.6. The predicted molar refractivity (Wildman–Crippen MR) is 75.1 cm³/mol. The molecular weight excluding hydrogens is 350 g/mol. The number of halogens is 1. The quantitative estimate of drug-likeness (QED) is 0.864. The molecule has 0 atom stereocenters. The Morgan fingerprint density at radius 1 is 1.40 bits per heavy atom. The zero-order valence-corrected chi connectivity index (χ0v) is 12.6. The summed E-state index contributed by atoms with van der Waals surface area (Å²) in [5.74, 6) is -1.09. The van der Waals surface area contributed by atoms with Crippen molar-refractivity contribution in [1.29, 1.82) is 0 Å². The van der Waals surface area contributed by atoms with Crippen LogP contribution in [0.4, 0.5) is 5.69 Å². The molecule has 0 radical (unpaired) electrons. The van der Waals surface area contributed by atoms with Crippen LogP contribution in [0.1, 0.15) is 10.4 Å². The summed E-state index contributed by atoms with van der Waals surface area (Å²) in [7, 11) is -2.27. The minimum absolute atomic E-state index is 0.00621. The van der Waals surface area contributed by atoms with Gasteiger partial charge in [0.1, 0.15) is 0 Å². The highest BCUT2D eigenvalue weighted by atomic mass is 79.9. The summed E-state index contributed by atoms with van der Waals surface area (Å²) < 4.78 is 28.2. The maximum atomic E-state index is 12.1. The first-order chi connectivity index (χ1) is 9.31. The number of aromatic nitrogens is 2. The number of nitrogens with one attached hydrogen (secondary N) is 1. The number of carbonyl (C=O) groups is 1. The lowest BCUT2D eigenvalue weighted by molar-refractivity contribution is 0.0697. The van der Waals surface area contributed by atoms with Crippen LogP contribution < -0.4 is 4.72 Å². The summed E-state index contributed by atoms with van der Waals surface area (Å²) in [6.07, 6.45) is 1.37. The van der Waals surface area contributed by atoms with Crippen LogP contribution in [0, 0.1) is 0 Å². The SMILES string of the molecule is Cn1nccc1S(=O)(=O)Nc1ccc(C(=O)O)cc1Br. The van der Waals surface area contributed by atoms with Crippen LogP contribution in [-0.4, -0.2) is 29.3 Å². The van der Waals surface area contributed by atoms with E-state index in [4.69, 9.17) is 5.11 Å². The van der Waals surface area contributed by atoms with E-state index in [2.05, 4.69) is 25.8 Å². The zero-order valence-electron chi connectivity index (χ0n) is 10.2. The Hall–Kier alpha value is -1.87. The lowest BCUT2D eigenvalue weighted by Crippen LogP contribution is -2.17. The Bertz CT molecular complexity index is 770. The molecule has 2 aromatic rings. The van der Waals surface area contributed by atoms with E-state index in [0.29, 0.717) is 4.47 Å². The highest BCUT2D eigenvalue weighted by molar-refractivity contribution is 9.10. The van der Waals surface area contributed by atoms with E-state index < -0.39 is 16.0 Å². The van der Waals surface area contributed by atoms with E-state index in [1.165, 1.54) is 42.2 Å². The highest BCUT2D eigenvalue weighted by Crippen LogP contribution is 2.26. The lowest BCUT2D eigenvalue weighted by atomic mass is 10.2. The Labute approximate surface area is 123 Å². The molecule has 106 valence electrons. The molecule has 0 aliphatic rings. The molecule has 0 saturated carbocycles. The Morgan fingerprint density at radius 2 is 2.10 bits per heavy atom. The number of benzene rings is 1. The highest BCUT2D eigenvalue weighted by Gasteiger charge is 2.19. The first kappa shape index (κ1) is 14.5. The molecule has 2 N–H and O–H groups in total. The predicted octanol–water partition coefficient (Wildman–Crippen LogP) is 1.68. The molecule has 1 heterocycles. The maximum absolute atomic E-state index is 12.1. The van der Waals surface area contributed by atoms with Gasteiger partial charge < -0.3 is 5.11 Å². The van der Waals surface area contributed by atoms with Gasteiger partial charge in [-0.15, -0.1) is 0 Å². The normalized spacial score (nSPS) is 11.3. The van der Waals surface area contributed by atoms with E-state index in [0.717, 1.165) is 0 Å². The second-order valence-electron chi connectivity index (χ2n) is 3.90. The van der Waals surface area contributed by atoms with Gasteiger partial charge in [0.2, 0.25) is 0 Å². The van der Waals surface area contributed by atoms with Gasteiger partial charge in [-0.1, -0.05) is 0 Å². The van der Waals surface area contributed by atoms with Gasteiger partial charge in [-0.3, -0.25) is 9.40 Å². The summed E-state index contributed by atoms with van der Waals surface area (Å²) >= 11 is 3.14. The Balaban J connectivity index is 2.36. The van der Waals surface area contributed by atoms with Crippen molar-refractivity contribution in [3.05, 3.63) is 40.5 Å². The van der Waals surface area contributed by atoms with Crippen LogP contribution in [0.25, 0.3) is 0 Å². The monoisotopic (exact) mass is 359 g/mol. The third-order valence-electron chi connectivity index (χ3n) is 2.51. The van der Waals surface area contributed by atoms with Gasteiger partial charge in [0.15, 0.2) is 5.03 Å². The summed E-state index contributed by atoms with van der Waals surface area (Å²) in [5.41, 5.74) is 0.302. The van der Waals surface area contributed by atoms with Crippen molar-refractivity contribution in [2.75, 3.05) is 4.72 Å². The van der Waals surface area contributed by atoms with Crippen molar-refractivity contribution in [2.45, 2.75) is 5.03 Å². The number of aryl methyl sites for hydroxylation is 1. The number of carboxylic acid groups (broad SMARTS) is 1. The van der Waals surface area contributed by atoms with Crippen LogP contribution in [-0.2, 0) is 17.1 Å². The van der Waals surface area contributed by atoms with E-state index in [9.17, 15) is 13.2 Å². The molecule has 0 saturated heterocycles. The molecule has 0 bridgehead atoms. The molecule has 1 aromatic carbocycles. The average Bonchev–Trinajstić information content (AvgIpc) is 2.78. The third kappa shape index (κ3) is 2.83. The summed E-state index contributed by atoms with van der Waals surface area (Å²) in [6, 6.07) is 5.38. The molecule has 9 heteroatoms. The number of anilines is 1. The molecule has 2 rings (SSSR count). The molecule has 20 heavy (non-hydrogen) atoms. The van der Waals surface area contributed by atoms with E-state index in [1.807, 2.05) is 0 Å². The largest absolute Gasteiger partial charge is 0.478 e. The van der Waals surface area contributed by atoms with Gasteiger partial charge in [0.25, 0.3) is 10.0 Å². The number of sulfonamides is 1. The number of hydrogen-bond acceptors (Lipinski definition) is 4. The van der Waals surface area contributed by atoms with E-state index in [-0.39, 0.29) is 16.3 Å². The van der Waals surface area contributed by atoms with Gasteiger partial charge >= 0.3 is 5.97 Å². The minimum atomic E-state index is -3.78. The molecule has 0 aliphatic heterocycles. The van der Waals surface area contributed by atoms with Crippen molar-refractivity contribution < 1.29 is 18.3 Å². The fraction of sp³-hybridized carbons (Fsp3) is 0.0909. The number of nitrogens with zero attached hydrogens (tertiary/aromatic N) is 2. The number of aromatic carboxylic acids is 1. The summed E-state index contributed by atoms with van der Waals surface area (Å²) in [6.45, 7) is 0. The molecule has 7 nitrogen and oxygen atoms in total. The van der Waals surface area contributed by atoms with Crippen LogP contribution >= 0.6 is 15.9 Å². The molecule has 0 fully saturated rings. The smallest absolute Gasteiger partial charge is 0.335 e. The van der Waals surface area contributed by atoms with E-state index in [1.54, 1.807) is 0 Å². The summed E-state index contributed by atoms with van der Waals surface area (Å²) in [4.78, 5) is 10.8. The standard InChI is InChI=1S/C11H10BrN3O4S/c1-15-10(4-5-13-15)20(18,19)14-9-3-2-7(11(16)17)6-8(9)12/h2-6,14H,1H3,(H,16,17). The fourth-order valence-electron chi connectivity index (χ4n) is 1.55. The van der Waals surface area contributed by atoms with Gasteiger partial charge in [-0.25, -0.2) is 4.79 Å². The zero-order chi connectivity index (χ0) is 14.9. The topological polar surface area (TPSA) is 101 Å². The molecule has 0 unspecified atom stereocenters. The second kappa shape index (κ2) is 5.25. The minimum Gasteiger partial charge on any atom is -0.478 e. The van der Waals surface area contributed by atoms with Gasteiger partial charge in [-0.2, -0.15) is 13.5 Å². The number of hydrogen-bond donors (Lipinski definition) is 2. The molecule has 0 amide bonds. The second-order valence-corrected chi connectivity index (χ2v) is 6.38. The number of carboxylic acids is 1. The molecule has 0 spiro atoms. The first-order valence-electron chi connectivity index (χ1n) is 5.35. The van der Waals surface area contributed by atoms with E-state index >= 15 is 0 Å². The van der Waals surface area contributed by atoms with Gasteiger partial charge in [0, 0.05) is 11.5 Å². The van der Waals surface area contributed by atoms with Crippen molar-refractivity contribution in [3.8, 4) is 0 Å². The van der Waals surface area contributed by atoms with Crippen molar-refractivity contribution in [2.24, 2.45) is 7.05 Å². The molecule has 1 aromatic heterocycles. The first-order valence-corrected chi connectivity index (χ1v) is 7.62. The molecule has 0 aliphatic carbocycles. The maximum Gasteiger partial charge on any atom is 0.335 e. The number of rotatable bonds is 4. The van der Waals surface area contributed by atoms with Gasteiger partial charge in [0.05, 0.1) is 17.4 Å². The van der Waals surface area contributed by atoms with Crippen LogP contribution in [0.2, 0.25) is 0 Å². The lowest BCUT2D eigenvalue weighted by Gasteiger charge is -2.10. The Morgan fingerprint density at radius 3 is 2.60 bits per heavy atom. The van der Waals surface area contributed by atoms with Gasteiger partial charge in [-0.05, 0) is 40.2 Å². The van der Waals surface area contributed by atoms with Crippen LogP contribution in [0.3, 0.4) is 0 Å². The van der Waals surface area contributed by atoms with Crippen molar-refractivity contribution in [3.63, 3.8) is 0 Å². The average molecular weight is 360 g/mol. The van der Waals surface area contributed by atoms with Crippen molar-refractivity contribution in [1.82, 2.24) is 9.78 Å². The Kier molecular flexibility index (Phi) is 3.82. The van der Waals surface area contributed by atoms with Crippen LogP contribution in [0.15, 0.2) is 40.0 Å². The fourth-order valence-corrected chi connectivity index (χ4v) is 3.37. The molecular formula is C11H10BrN3O4S. The van der Waals surface area contributed by atoms with Crippen molar-refractivity contribution >= 4 is 37.6 Å².